The average Bonchev–Trinajstić information content (AvgIpc) is 3.11. The van der Waals surface area contributed by atoms with E-state index in [1.54, 1.807) is 7.11 Å². The van der Waals surface area contributed by atoms with Gasteiger partial charge in [0.25, 0.3) is 0 Å². The fourth-order valence-corrected chi connectivity index (χ4v) is 4.63. The van der Waals surface area contributed by atoms with Gasteiger partial charge in [0.2, 0.25) is 0 Å². The van der Waals surface area contributed by atoms with E-state index < -0.39 is 0 Å². The maximum absolute atomic E-state index is 10.6. The Morgan fingerprint density at radius 1 is 1.10 bits per heavy atom. The van der Waals surface area contributed by atoms with E-state index in [1.807, 2.05) is 18.2 Å². The van der Waals surface area contributed by atoms with Gasteiger partial charge in [-0.05, 0) is 43.0 Å². The van der Waals surface area contributed by atoms with E-state index in [4.69, 9.17) is 9.72 Å². The zero-order valence-corrected chi connectivity index (χ0v) is 17.6. The first-order chi connectivity index (χ1) is 14.7. The molecule has 1 saturated heterocycles. The lowest BCUT2D eigenvalue weighted by molar-refractivity contribution is -0.0818. The second-order valence-corrected chi connectivity index (χ2v) is 8.48. The lowest BCUT2D eigenvalue weighted by Gasteiger charge is -2.42. The van der Waals surface area contributed by atoms with Crippen molar-refractivity contribution in [3.63, 3.8) is 0 Å². The first-order valence-corrected chi connectivity index (χ1v) is 11.0. The van der Waals surface area contributed by atoms with Gasteiger partial charge in [0.05, 0.1) is 18.5 Å². The summed E-state index contributed by atoms with van der Waals surface area (Å²) in [5.41, 5.74) is 4.25. The van der Waals surface area contributed by atoms with Gasteiger partial charge in [0.1, 0.15) is 17.6 Å². The Morgan fingerprint density at radius 2 is 1.93 bits per heavy atom. The van der Waals surface area contributed by atoms with Gasteiger partial charge in [-0.25, -0.2) is 4.98 Å². The van der Waals surface area contributed by atoms with Gasteiger partial charge in [-0.3, -0.25) is 9.80 Å². The van der Waals surface area contributed by atoms with Crippen LogP contribution in [0, 0.1) is 5.92 Å². The number of pyridine rings is 1. The number of nitrogens with zero attached hydrogens (tertiary/aromatic N) is 4. The number of hydrogen-bond acceptors (Lipinski definition) is 5. The molecule has 5 rings (SSSR count). The van der Waals surface area contributed by atoms with Crippen LogP contribution in [0.1, 0.15) is 25.0 Å². The zero-order valence-electron chi connectivity index (χ0n) is 17.6. The molecule has 1 saturated carbocycles. The minimum atomic E-state index is -0.260. The number of rotatable bonds is 6. The molecule has 1 aliphatic carbocycles. The number of methoxy groups -OCH3 is 1. The molecule has 1 unspecified atom stereocenters. The van der Waals surface area contributed by atoms with Crippen LogP contribution in [0.15, 0.2) is 48.7 Å². The smallest absolute Gasteiger partial charge is 0.137 e. The normalized spacial score (nSPS) is 19.7. The zero-order chi connectivity index (χ0) is 20.5. The Hall–Kier alpha value is -2.41. The predicted octanol–water partition coefficient (Wildman–Crippen LogP) is 3.25. The first kappa shape index (κ1) is 19.5. The third kappa shape index (κ3) is 3.71. The summed E-state index contributed by atoms with van der Waals surface area (Å²) in [6.07, 6.45) is 5.45. The highest BCUT2D eigenvalue weighted by Gasteiger charge is 2.32. The van der Waals surface area contributed by atoms with Crippen LogP contribution in [0.4, 0.5) is 0 Å². The molecule has 1 aromatic carbocycles. The number of aromatic nitrogens is 2. The van der Waals surface area contributed by atoms with E-state index in [0.29, 0.717) is 5.92 Å². The average molecular weight is 407 g/mol. The van der Waals surface area contributed by atoms with Crippen molar-refractivity contribution in [1.29, 1.82) is 0 Å². The summed E-state index contributed by atoms with van der Waals surface area (Å²) in [6, 6.07) is 14.3. The van der Waals surface area contributed by atoms with Crippen molar-refractivity contribution in [3.05, 3.63) is 54.4 Å². The quantitative estimate of drug-likeness (QED) is 0.681. The van der Waals surface area contributed by atoms with E-state index in [9.17, 15) is 5.11 Å². The van der Waals surface area contributed by atoms with Crippen LogP contribution in [0.3, 0.4) is 0 Å². The summed E-state index contributed by atoms with van der Waals surface area (Å²) in [5.74, 6) is 1.32. The highest BCUT2D eigenvalue weighted by molar-refractivity contribution is 5.68. The monoisotopic (exact) mass is 406 g/mol. The third-order valence-corrected chi connectivity index (χ3v) is 6.70. The lowest BCUT2D eigenvalue weighted by Crippen LogP contribution is -2.53. The Morgan fingerprint density at radius 3 is 2.67 bits per heavy atom. The summed E-state index contributed by atoms with van der Waals surface area (Å²) >= 11 is 0. The minimum absolute atomic E-state index is 0.260. The summed E-state index contributed by atoms with van der Waals surface area (Å²) < 4.78 is 7.63. The molecule has 6 nitrogen and oxygen atoms in total. The number of hydrogen-bond donors (Lipinski definition) is 1. The highest BCUT2D eigenvalue weighted by atomic mass is 16.5. The summed E-state index contributed by atoms with van der Waals surface area (Å²) in [7, 11) is 1.70. The number of fused-ring (bicyclic) bond motifs is 1. The van der Waals surface area contributed by atoms with Gasteiger partial charge in [-0.1, -0.05) is 24.6 Å². The Bertz CT molecular complexity index is 1010. The molecule has 1 aliphatic heterocycles. The highest BCUT2D eigenvalue weighted by Crippen LogP contribution is 2.32. The number of aliphatic hydroxyl groups excluding tert-OH is 1. The van der Waals surface area contributed by atoms with Crippen molar-refractivity contribution in [1.82, 2.24) is 19.2 Å². The molecule has 30 heavy (non-hydrogen) atoms. The largest absolute Gasteiger partial charge is 0.497 e. The number of imidazole rings is 1. The van der Waals surface area contributed by atoms with Crippen LogP contribution >= 0.6 is 0 Å². The maximum Gasteiger partial charge on any atom is 0.137 e. The van der Waals surface area contributed by atoms with Gasteiger partial charge < -0.3 is 14.2 Å². The maximum atomic E-state index is 10.6. The number of benzene rings is 1. The Balaban J connectivity index is 1.37. The summed E-state index contributed by atoms with van der Waals surface area (Å²) in [4.78, 5) is 9.68. The van der Waals surface area contributed by atoms with Crippen molar-refractivity contribution in [2.45, 2.75) is 32.0 Å². The molecule has 0 radical (unpaired) electrons. The number of piperazine rings is 1. The molecule has 0 amide bonds. The van der Waals surface area contributed by atoms with E-state index in [2.05, 4.69) is 44.7 Å². The van der Waals surface area contributed by atoms with Crippen LogP contribution < -0.4 is 4.74 Å². The molecule has 1 atom stereocenters. The minimum Gasteiger partial charge on any atom is -0.497 e. The molecule has 1 N–H and O–H groups in total. The fraction of sp³-hybridized carbons (Fsp3) is 0.458. The van der Waals surface area contributed by atoms with Crippen LogP contribution in [-0.4, -0.2) is 63.8 Å². The molecule has 2 fully saturated rings. The summed E-state index contributed by atoms with van der Waals surface area (Å²) in [5, 5.41) is 10.6. The molecular formula is C24H30N4O2. The van der Waals surface area contributed by atoms with Crippen molar-refractivity contribution in [2.75, 3.05) is 33.3 Å². The van der Waals surface area contributed by atoms with Gasteiger partial charge in [0, 0.05) is 44.5 Å². The number of ether oxygens (including phenoxy) is 1. The van der Waals surface area contributed by atoms with E-state index in [0.717, 1.165) is 55.4 Å². The van der Waals surface area contributed by atoms with Gasteiger partial charge >= 0.3 is 0 Å². The van der Waals surface area contributed by atoms with E-state index in [1.165, 1.54) is 25.0 Å². The van der Waals surface area contributed by atoms with Crippen molar-refractivity contribution < 1.29 is 9.84 Å². The molecule has 6 heteroatoms. The standard InChI is InChI=1S/C24H30N4O2/c1-30-20-9-5-8-19(16-20)23-21(28-11-3-2-10-22(28)25-23)17-26-12-14-27(15-13-26)24(29)18-6-4-7-18/h2-3,5,8-11,16,18,24,29H,4,6-7,12-15,17H2,1H3. The molecular weight excluding hydrogens is 376 g/mol. The SMILES string of the molecule is COc1cccc(-c2nc3ccccn3c2CN2CCN(C(O)C3CCC3)CC2)c1. The van der Waals surface area contributed by atoms with Gasteiger partial charge in [-0.2, -0.15) is 0 Å². The van der Waals surface area contributed by atoms with Gasteiger partial charge in [0.15, 0.2) is 0 Å². The molecule has 3 aromatic rings. The van der Waals surface area contributed by atoms with Crippen molar-refractivity contribution >= 4 is 5.65 Å². The Kier molecular flexibility index (Phi) is 5.46. The molecule has 3 heterocycles. The second kappa shape index (κ2) is 8.38. The number of aliphatic hydroxyl groups is 1. The first-order valence-electron chi connectivity index (χ1n) is 11.0. The fourth-order valence-electron chi connectivity index (χ4n) is 4.63. The predicted molar refractivity (Wildman–Crippen MR) is 117 cm³/mol. The van der Waals surface area contributed by atoms with Crippen molar-refractivity contribution in [3.8, 4) is 17.0 Å². The van der Waals surface area contributed by atoms with Crippen molar-refractivity contribution in [2.24, 2.45) is 5.92 Å². The molecule has 158 valence electrons. The second-order valence-electron chi connectivity index (χ2n) is 8.48. The van der Waals surface area contributed by atoms with E-state index >= 15 is 0 Å². The third-order valence-electron chi connectivity index (χ3n) is 6.70. The molecule has 0 spiro atoms. The van der Waals surface area contributed by atoms with Crippen LogP contribution in [0.5, 0.6) is 5.75 Å². The van der Waals surface area contributed by atoms with Crippen LogP contribution in [-0.2, 0) is 6.54 Å². The van der Waals surface area contributed by atoms with Crippen LogP contribution in [0.25, 0.3) is 16.9 Å². The molecule has 2 aromatic heterocycles. The van der Waals surface area contributed by atoms with Gasteiger partial charge in [-0.15, -0.1) is 0 Å². The lowest BCUT2D eigenvalue weighted by atomic mass is 9.83. The summed E-state index contributed by atoms with van der Waals surface area (Å²) in [6.45, 7) is 4.60. The van der Waals surface area contributed by atoms with Crippen LogP contribution in [0.2, 0.25) is 0 Å². The van der Waals surface area contributed by atoms with E-state index in [-0.39, 0.29) is 6.23 Å². The molecule has 2 aliphatic rings. The molecule has 0 bridgehead atoms. The Labute approximate surface area is 177 Å². The topological polar surface area (TPSA) is 53.2 Å².